The number of likely N-dealkylation sites (N-methyl/N-ethyl adjacent to an activating group) is 1. The Balaban J connectivity index is 1.96. The van der Waals surface area contributed by atoms with Gasteiger partial charge in [-0.25, -0.2) is 12.4 Å². The van der Waals surface area contributed by atoms with Crippen LogP contribution >= 0.6 is 0 Å². The molecule has 0 spiro atoms. The summed E-state index contributed by atoms with van der Waals surface area (Å²) in [5.74, 6) is 0.143. The second-order valence-corrected chi connectivity index (χ2v) is 9.41. The van der Waals surface area contributed by atoms with Gasteiger partial charge in [0.05, 0.1) is 10.6 Å². The predicted molar refractivity (Wildman–Crippen MR) is 117 cm³/mol. The van der Waals surface area contributed by atoms with Gasteiger partial charge < -0.3 is 15.0 Å². The molecule has 1 aliphatic carbocycles. The number of allylic oxidation sites excluding steroid dienone is 2. The Morgan fingerprint density at radius 2 is 2.03 bits per heavy atom. The standard InChI is InChI=1S/C22H29N3O4S/c1-23-14-17-12-21(18-8-5-4-6-9-18)25(15-17)30(27,28)20-11-7-10-19(13-20)29-16-22(26)24(2)3/h7-8,10-13,15,23H,4-6,9,14,16H2,1-3H3. The van der Waals surface area contributed by atoms with Gasteiger partial charge >= 0.3 is 0 Å². The predicted octanol–water partition coefficient (Wildman–Crippen LogP) is 2.87. The Kier molecular flexibility index (Phi) is 6.99. The van der Waals surface area contributed by atoms with E-state index in [2.05, 4.69) is 11.4 Å². The zero-order valence-corrected chi connectivity index (χ0v) is 18.5. The lowest BCUT2D eigenvalue weighted by atomic mass is 9.97. The summed E-state index contributed by atoms with van der Waals surface area (Å²) in [6.45, 7) is 0.434. The Morgan fingerprint density at radius 3 is 2.70 bits per heavy atom. The first-order valence-corrected chi connectivity index (χ1v) is 11.5. The average molecular weight is 432 g/mol. The summed E-state index contributed by atoms with van der Waals surface area (Å²) in [4.78, 5) is 13.3. The fourth-order valence-electron chi connectivity index (χ4n) is 3.41. The van der Waals surface area contributed by atoms with E-state index in [0.717, 1.165) is 36.8 Å². The van der Waals surface area contributed by atoms with Crippen LogP contribution in [0.25, 0.3) is 5.57 Å². The number of hydrogen-bond acceptors (Lipinski definition) is 5. The van der Waals surface area contributed by atoms with Crippen molar-refractivity contribution >= 4 is 21.5 Å². The molecule has 0 radical (unpaired) electrons. The lowest BCUT2D eigenvalue weighted by Gasteiger charge is -2.16. The second-order valence-electron chi connectivity index (χ2n) is 7.59. The van der Waals surface area contributed by atoms with E-state index < -0.39 is 10.0 Å². The summed E-state index contributed by atoms with van der Waals surface area (Å²) in [5, 5.41) is 3.08. The monoisotopic (exact) mass is 431 g/mol. The van der Waals surface area contributed by atoms with Crippen LogP contribution in [0.1, 0.15) is 36.9 Å². The molecule has 0 saturated heterocycles. The summed E-state index contributed by atoms with van der Waals surface area (Å²) < 4.78 is 33.9. The number of aromatic nitrogens is 1. The van der Waals surface area contributed by atoms with Crippen LogP contribution in [-0.4, -0.2) is 50.9 Å². The topological polar surface area (TPSA) is 80.6 Å². The molecule has 7 nitrogen and oxygen atoms in total. The van der Waals surface area contributed by atoms with Crippen molar-refractivity contribution in [2.45, 2.75) is 37.1 Å². The van der Waals surface area contributed by atoms with Crippen molar-refractivity contribution in [2.24, 2.45) is 0 Å². The van der Waals surface area contributed by atoms with Gasteiger partial charge in [-0.1, -0.05) is 12.1 Å². The Morgan fingerprint density at radius 1 is 1.23 bits per heavy atom. The van der Waals surface area contributed by atoms with E-state index in [4.69, 9.17) is 4.74 Å². The maximum absolute atomic E-state index is 13.5. The molecule has 0 saturated carbocycles. The number of carbonyl (C=O) groups is 1. The molecule has 1 N–H and O–H groups in total. The van der Waals surface area contributed by atoms with E-state index in [9.17, 15) is 13.2 Å². The molecule has 162 valence electrons. The van der Waals surface area contributed by atoms with Crippen molar-refractivity contribution in [1.82, 2.24) is 14.2 Å². The van der Waals surface area contributed by atoms with Gasteiger partial charge in [-0.2, -0.15) is 0 Å². The lowest BCUT2D eigenvalue weighted by Crippen LogP contribution is -2.27. The minimum atomic E-state index is -3.82. The lowest BCUT2D eigenvalue weighted by molar-refractivity contribution is -0.130. The van der Waals surface area contributed by atoms with Crippen LogP contribution in [0.3, 0.4) is 0 Å². The van der Waals surface area contributed by atoms with E-state index in [1.165, 1.54) is 14.9 Å². The number of hydrogen-bond donors (Lipinski definition) is 1. The summed E-state index contributed by atoms with van der Waals surface area (Å²) >= 11 is 0. The largest absolute Gasteiger partial charge is 0.484 e. The smallest absolute Gasteiger partial charge is 0.268 e. The van der Waals surface area contributed by atoms with Crippen LogP contribution in [0.4, 0.5) is 0 Å². The summed E-state index contributed by atoms with van der Waals surface area (Å²) in [6.07, 6.45) is 7.84. The molecular weight excluding hydrogens is 402 g/mol. The molecule has 1 amide bonds. The summed E-state index contributed by atoms with van der Waals surface area (Å²) in [7, 11) is 1.30. The molecule has 1 aromatic carbocycles. The van der Waals surface area contributed by atoms with E-state index in [0.29, 0.717) is 18.0 Å². The summed E-state index contributed by atoms with van der Waals surface area (Å²) in [6, 6.07) is 8.23. The Labute approximate surface area is 178 Å². The highest BCUT2D eigenvalue weighted by molar-refractivity contribution is 7.90. The van der Waals surface area contributed by atoms with Gasteiger partial charge in [-0.15, -0.1) is 0 Å². The molecule has 1 aliphatic rings. The van der Waals surface area contributed by atoms with Crippen molar-refractivity contribution < 1.29 is 17.9 Å². The Bertz CT molecular complexity index is 1040. The average Bonchev–Trinajstić information content (AvgIpc) is 3.18. The molecule has 2 aromatic rings. The highest BCUT2D eigenvalue weighted by atomic mass is 32.2. The van der Waals surface area contributed by atoms with Gasteiger partial charge in [-0.05, 0) is 62.1 Å². The van der Waals surface area contributed by atoms with E-state index in [-0.39, 0.29) is 17.4 Å². The molecule has 0 aliphatic heterocycles. The number of rotatable bonds is 8. The van der Waals surface area contributed by atoms with Crippen LogP contribution in [0.15, 0.2) is 47.5 Å². The van der Waals surface area contributed by atoms with Crippen LogP contribution in [0.2, 0.25) is 0 Å². The quantitative estimate of drug-likeness (QED) is 0.695. The van der Waals surface area contributed by atoms with Gasteiger partial charge in [-0.3, -0.25) is 4.79 Å². The zero-order chi connectivity index (χ0) is 21.7. The van der Waals surface area contributed by atoms with Gasteiger partial charge in [0, 0.05) is 32.9 Å². The van der Waals surface area contributed by atoms with Crippen molar-refractivity contribution in [2.75, 3.05) is 27.7 Å². The summed E-state index contributed by atoms with van der Waals surface area (Å²) in [5.41, 5.74) is 2.69. The normalized spacial score (nSPS) is 14.3. The third-order valence-electron chi connectivity index (χ3n) is 5.07. The highest BCUT2D eigenvalue weighted by Crippen LogP contribution is 2.31. The van der Waals surface area contributed by atoms with Crippen LogP contribution in [-0.2, 0) is 21.4 Å². The van der Waals surface area contributed by atoms with Crippen LogP contribution in [0, 0.1) is 0 Å². The molecule has 1 aromatic heterocycles. The number of carbonyl (C=O) groups excluding carboxylic acids is 1. The molecule has 30 heavy (non-hydrogen) atoms. The molecule has 0 unspecified atom stereocenters. The van der Waals surface area contributed by atoms with E-state index in [1.54, 1.807) is 38.5 Å². The van der Waals surface area contributed by atoms with E-state index in [1.807, 2.05) is 13.1 Å². The molecule has 0 fully saturated rings. The number of benzene rings is 1. The van der Waals surface area contributed by atoms with E-state index >= 15 is 0 Å². The first-order chi connectivity index (χ1) is 14.3. The van der Waals surface area contributed by atoms with Crippen molar-refractivity contribution in [3.63, 3.8) is 0 Å². The fraction of sp³-hybridized carbons (Fsp3) is 0.409. The first kappa shape index (κ1) is 22.1. The molecule has 1 heterocycles. The number of amides is 1. The van der Waals surface area contributed by atoms with Crippen molar-refractivity contribution in [3.05, 3.63) is 53.9 Å². The van der Waals surface area contributed by atoms with Gasteiger partial charge in [0.25, 0.3) is 15.9 Å². The minimum Gasteiger partial charge on any atom is -0.484 e. The third kappa shape index (κ3) is 4.94. The van der Waals surface area contributed by atoms with Crippen molar-refractivity contribution in [3.8, 4) is 5.75 Å². The van der Waals surface area contributed by atoms with Gasteiger partial charge in [0.15, 0.2) is 6.61 Å². The fourth-order valence-corrected chi connectivity index (χ4v) is 4.86. The molecule has 0 atom stereocenters. The third-order valence-corrected chi connectivity index (χ3v) is 6.74. The molecule has 8 heteroatoms. The number of ether oxygens (including phenoxy) is 1. The Hall–Kier alpha value is -2.58. The SMILES string of the molecule is CNCc1cc(C2=CCCCC2)n(S(=O)(=O)c2cccc(OCC(=O)N(C)C)c2)c1. The minimum absolute atomic E-state index is 0.126. The first-order valence-electron chi connectivity index (χ1n) is 10.1. The molecule has 3 rings (SSSR count). The highest BCUT2D eigenvalue weighted by Gasteiger charge is 2.24. The van der Waals surface area contributed by atoms with Crippen LogP contribution < -0.4 is 10.1 Å². The van der Waals surface area contributed by atoms with Crippen LogP contribution in [0.5, 0.6) is 5.75 Å². The molecular formula is C22H29N3O4S. The van der Waals surface area contributed by atoms with Gasteiger partial charge in [0.1, 0.15) is 5.75 Å². The number of nitrogens with one attached hydrogen (secondary N) is 1. The zero-order valence-electron chi connectivity index (χ0n) is 17.7. The maximum atomic E-state index is 13.5. The maximum Gasteiger partial charge on any atom is 0.268 e. The van der Waals surface area contributed by atoms with Crippen molar-refractivity contribution in [1.29, 1.82) is 0 Å². The van der Waals surface area contributed by atoms with Gasteiger partial charge in [0.2, 0.25) is 0 Å². The molecule has 0 bridgehead atoms. The number of nitrogens with zero attached hydrogens (tertiary/aromatic N) is 2. The second kappa shape index (κ2) is 9.49.